The number of hydrogen-bond acceptors (Lipinski definition) is 4. The molecule has 0 spiro atoms. The number of nitrogens with one attached hydrogen (secondary N) is 2. The van der Waals surface area contributed by atoms with E-state index in [9.17, 15) is 9.59 Å². The van der Waals surface area contributed by atoms with E-state index < -0.39 is 11.9 Å². The van der Waals surface area contributed by atoms with Crippen molar-refractivity contribution in [3.63, 3.8) is 0 Å². The number of hydrazone groups is 1. The number of amides is 1. The number of fused-ring (bicyclic) bond motifs is 1. The number of aromatic nitrogens is 1. The maximum atomic E-state index is 13.4. The zero-order chi connectivity index (χ0) is 27.4. The van der Waals surface area contributed by atoms with Gasteiger partial charge in [0.1, 0.15) is 11.4 Å². The lowest BCUT2D eigenvalue weighted by Crippen LogP contribution is -2.19. The normalized spacial score (nSPS) is 11.2. The first-order valence-corrected chi connectivity index (χ1v) is 12.9. The van der Waals surface area contributed by atoms with Gasteiger partial charge in [-0.05, 0) is 49.2 Å². The van der Waals surface area contributed by atoms with Crippen molar-refractivity contribution in [2.24, 2.45) is 5.10 Å². The van der Waals surface area contributed by atoms with Gasteiger partial charge in [-0.2, -0.15) is 5.10 Å². The Morgan fingerprint density at radius 1 is 0.974 bits per heavy atom. The predicted molar refractivity (Wildman–Crippen MR) is 156 cm³/mol. The molecule has 194 valence electrons. The maximum Gasteiger partial charge on any atom is 0.343 e. The number of esters is 1. The fourth-order valence-electron chi connectivity index (χ4n) is 4.51. The fourth-order valence-corrected chi connectivity index (χ4v) is 4.74. The minimum atomic E-state index is -0.474. The van der Waals surface area contributed by atoms with Gasteiger partial charge < -0.3 is 9.72 Å². The molecular formula is C32H26ClN3O3. The van der Waals surface area contributed by atoms with E-state index in [2.05, 4.69) is 22.4 Å². The lowest BCUT2D eigenvalue weighted by Gasteiger charge is -2.08. The van der Waals surface area contributed by atoms with Gasteiger partial charge in [-0.1, -0.05) is 84.8 Å². The first-order chi connectivity index (χ1) is 19.0. The minimum absolute atomic E-state index is 0.331. The molecule has 0 unspecified atom stereocenters. The molecule has 0 aliphatic carbocycles. The van der Waals surface area contributed by atoms with Crippen LogP contribution >= 0.6 is 11.6 Å². The van der Waals surface area contributed by atoms with Crippen LogP contribution in [0.4, 0.5) is 0 Å². The number of nitrogens with zero attached hydrogens (tertiary/aromatic N) is 1. The summed E-state index contributed by atoms with van der Waals surface area (Å²) in [4.78, 5) is 29.4. The summed E-state index contributed by atoms with van der Waals surface area (Å²) in [6, 6.07) is 27.6. The molecule has 0 aliphatic rings. The lowest BCUT2D eigenvalue weighted by molar-refractivity contribution is 0.0734. The van der Waals surface area contributed by atoms with Crippen LogP contribution in [0.3, 0.4) is 0 Å². The van der Waals surface area contributed by atoms with Crippen molar-refractivity contribution < 1.29 is 14.3 Å². The number of ether oxygens (including phenoxy) is 1. The first kappa shape index (κ1) is 25.9. The zero-order valence-corrected chi connectivity index (χ0v) is 22.3. The van der Waals surface area contributed by atoms with Crippen molar-refractivity contribution >= 4 is 40.6 Å². The molecule has 0 fully saturated rings. The number of aromatic amines is 1. The number of hydrogen-bond donors (Lipinski definition) is 2. The van der Waals surface area contributed by atoms with Crippen LogP contribution in [-0.2, 0) is 6.42 Å². The van der Waals surface area contributed by atoms with E-state index in [1.807, 2.05) is 49.4 Å². The number of halogens is 1. The van der Waals surface area contributed by atoms with Gasteiger partial charge in [0.25, 0.3) is 5.91 Å². The molecule has 7 heteroatoms. The highest BCUT2D eigenvalue weighted by atomic mass is 35.5. The van der Waals surface area contributed by atoms with Gasteiger partial charge in [-0.15, -0.1) is 0 Å². The molecule has 5 aromatic rings. The number of aryl methyl sites for hydroxylation is 2. The highest BCUT2D eigenvalue weighted by Gasteiger charge is 2.22. The molecule has 6 nitrogen and oxygen atoms in total. The Bertz CT molecular complexity index is 1720. The largest absolute Gasteiger partial charge is 0.422 e. The van der Waals surface area contributed by atoms with Gasteiger partial charge in [-0.25, -0.2) is 10.2 Å². The smallest absolute Gasteiger partial charge is 0.343 e. The second kappa shape index (κ2) is 11.4. The number of benzene rings is 4. The van der Waals surface area contributed by atoms with Crippen LogP contribution in [0.25, 0.3) is 22.0 Å². The molecule has 1 aromatic heterocycles. The van der Waals surface area contributed by atoms with E-state index in [4.69, 9.17) is 16.3 Å². The Hall–Kier alpha value is -4.68. The van der Waals surface area contributed by atoms with Crippen molar-refractivity contribution in [3.05, 3.63) is 124 Å². The molecule has 0 saturated heterocycles. The van der Waals surface area contributed by atoms with E-state index in [-0.39, 0.29) is 0 Å². The van der Waals surface area contributed by atoms with Crippen molar-refractivity contribution in [2.45, 2.75) is 20.3 Å². The maximum absolute atomic E-state index is 13.4. The third kappa shape index (κ3) is 5.47. The lowest BCUT2D eigenvalue weighted by atomic mass is 9.99. The second-order valence-corrected chi connectivity index (χ2v) is 9.45. The second-order valence-electron chi connectivity index (χ2n) is 9.04. The van der Waals surface area contributed by atoms with Crippen LogP contribution in [0.2, 0.25) is 5.02 Å². The SMILES string of the molecule is CCc1cccc2c(-c3ccccc3Cl)c(C(=O)NN=Cc3ccccc3OC(=O)c3cccc(C)c3)[nH]c12. The molecule has 1 amide bonds. The van der Waals surface area contributed by atoms with Crippen LogP contribution in [0.1, 0.15) is 44.5 Å². The summed E-state index contributed by atoms with van der Waals surface area (Å²) in [6.45, 7) is 3.98. The molecule has 39 heavy (non-hydrogen) atoms. The Balaban J connectivity index is 1.43. The third-order valence-electron chi connectivity index (χ3n) is 6.42. The Kier molecular flexibility index (Phi) is 7.57. The summed E-state index contributed by atoms with van der Waals surface area (Å²) in [5.74, 6) is -0.566. The molecule has 0 aliphatic heterocycles. The van der Waals surface area contributed by atoms with E-state index in [1.165, 1.54) is 6.21 Å². The van der Waals surface area contributed by atoms with Crippen LogP contribution < -0.4 is 10.2 Å². The molecule has 0 radical (unpaired) electrons. The molecule has 1 heterocycles. The van der Waals surface area contributed by atoms with Crippen LogP contribution in [0.15, 0.2) is 96.1 Å². The highest BCUT2D eigenvalue weighted by molar-refractivity contribution is 6.34. The van der Waals surface area contributed by atoms with Gasteiger partial charge in [0.15, 0.2) is 0 Å². The van der Waals surface area contributed by atoms with Crippen molar-refractivity contribution in [2.75, 3.05) is 0 Å². The van der Waals surface area contributed by atoms with Gasteiger partial charge in [0.2, 0.25) is 0 Å². The summed E-state index contributed by atoms with van der Waals surface area (Å²) in [7, 11) is 0. The molecule has 0 saturated carbocycles. The number of carbonyl (C=O) groups is 2. The van der Waals surface area contributed by atoms with Crippen molar-refractivity contribution in [3.8, 4) is 16.9 Å². The summed E-state index contributed by atoms with van der Waals surface area (Å²) < 4.78 is 5.62. The quantitative estimate of drug-likeness (QED) is 0.0989. The van der Waals surface area contributed by atoms with Gasteiger partial charge in [0, 0.05) is 32.6 Å². The topological polar surface area (TPSA) is 83.5 Å². The van der Waals surface area contributed by atoms with Gasteiger partial charge in [0.05, 0.1) is 11.8 Å². The summed E-state index contributed by atoms with van der Waals surface area (Å²) in [5.41, 5.74) is 8.36. The van der Waals surface area contributed by atoms with E-state index in [0.29, 0.717) is 33.2 Å². The monoisotopic (exact) mass is 535 g/mol. The summed E-state index contributed by atoms with van der Waals surface area (Å²) in [6.07, 6.45) is 2.25. The Labute approximate surface area is 231 Å². The van der Waals surface area contributed by atoms with Crippen LogP contribution in [0, 0.1) is 6.92 Å². The van der Waals surface area contributed by atoms with Gasteiger partial charge >= 0.3 is 5.97 Å². The standard InChI is InChI=1S/C32H26ClN3O3/c1-3-21-12-9-15-25-28(24-14-5-6-16-26(24)33)30(35-29(21)25)31(37)36-34-19-23-11-4-7-17-27(23)39-32(38)22-13-8-10-20(2)18-22/h4-19,35H,3H2,1-2H3,(H,36,37). The zero-order valence-electron chi connectivity index (χ0n) is 21.5. The first-order valence-electron chi connectivity index (χ1n) is 12.6. The summed E-state index contributed by atoms with van der Waals surface area (Å²) in [5, 5.41) is 5.62. The molecule has 2 N–H and O–H groups in total. The average molecular weight is 536 g/mol. The minimum Gasteiger partial charge on any atom is -0.422 e. The predicted octanol–water partition coefficient (Wildman–Crippen LogP) is 7.34. The molecule has 0 atom stereocenters. The van der Waals surface area contributed by atoms with Crippen molar-refractivity contribution in [1.82, 2.24) is 10.4 Å². The molecule has 5 rings (SSSR count). The fraction of sp³-hybridized carbons (Fsp3) is 0.0938. The summed E-state index contributed by atoms with van der Waals surface area (Å²) >= 11 is 6.55. The average Bonchev–Trinajstić information content (AvgIpc) is 3.34. The van der Waals surface area contributed by atoms with Crippen LogP contribution in [-0.4, -0.2) is 23.1 Å². The molecule has 0 bridgehead atoms. The third-order valence-corrected chi connectivity index (χ3v) is 6.75. The number of rotatable bonds is 7. The van der Waals surface area contributed by atoms with Crippen molar-refractivity contribution in [1.29, 1.82) is 0 Å². The van der Waals surface area contributed by atoms with Crippen LogP contribution in [0.5, 0.6) is 5.75 Å². The van der Waals surface area contributed by atoms with E-state index in [1.54, 1.807) is 48.5 Å². The number of carbonyl (C=O) groups excluding carboxylic acids is 2. The Morgan fingerprint density at radius 3 is 2.54 bits per heavy atom. The number of para-hydroxylation sites is 2. The number of H-pyrrole nitrogens is 1. The Morgan fingerprint density at radius 2 is 1.74 bits per heavy atom. The van der Waals surface area contributed by atoms with E-state index >= 15 is 0 Å². The molecular weight excluding hydrogens is 510 g/mol. The van der Waals surface area contributed by atoms with E-state index in [0.717, 1.165) is 34.0 Å². The molecule has 4 aromatic carbocycles. The highest BCUT2D eigenvalue weighted by Crippen LogP contribution is 2.37. The van der Waals surface area contributed by atoms with Gasteiger partial charge in [-0.3, -0.25) is 4.79 Å².